The Labute approximate surface area is 100 Å². The molecule has 0 aliphatic carbocycles. The molecule has 0 radical (unpaired) electrons. The van der Waals surface area contributed by atoms with Crippen LogP contribution in [-0.2, 0) is 6.42 Å². The molecule has 1 aromatic rings. The van der Waals surface area contributed by atoms with Crippen molar-refractivity contribution in [1.29, 1.82) is 0 Å². The fraction of sp³-hybridized carbons (Fsp3) is 0.500. The smallest absolute Gasteiger partial charge is 0.0426 e. The van der Waals surface area contributed by atoms with Crippen molar-refractivity contribution < 1.29 is 0 Å². The first-order valence-corrected chi connectivity index (χ1v) is 6.90. The van der Waals surface area contributed by atoms with Crippen LogP contribution in [0.4, 0.5) is 5.69 Å². The average Bonchev–Trinajstić information content (AvgIpc) is 2.24. The normalized spacial score (nSPS) is 17.9. The van der Waals surface area contributed by atoms with E-state index in [-0.39, 0.29) is 0 Å². The highest BCUT2D eigenvalue weighted by Crippen LogP contribution is 2.28. The minimum absolute atomic E-state index is 0.732. The van der Waals surface area contributed by atoms with Crippen LogP contribution in [0, 0.1) is 5.92 Å². The van der Waals surface area contributed by atoms with E-state index in [1.165, 1.54) is 29.9 Å². The zero-order chi connectivity index (χ0) is 10.7. The van der Waals surface area contributed by atoms with Gasteiger partial charge in [0, 0.05) is 10.7 Å². The summed E-state index contributed by atoms with van der Waals surface area (Å²) < 4.78 is 0. The molecule has 0 spiro atoms. The van der Waals surface area contributed by atoms with Gasteiger partial charge in [0.1, 0.15) is 0 Å². The summed E-state index contributed by atoms with van der Waals surface area (Å²) in [5.41, 5.74) is 8.06. The number of hydrogen-bond acceptors (Lipinski definition) is 2. The lowest BCUT2D eigenvalue weighted by atomic mass is 9.93. The molecule has 1 aromatic carbocycles. The molecule has 0 aromatic heterocycles. The van der Waals surface area contributed by atoms with Gasteiger partial charge in [-0.1, -0.05) is 17.7 Å². The van der Waals surface area contributed by atoms with Crippen LogP contribution in [0.25, 0.3) is 0 Å². The average molecular weight is 242 g/mol. The number of rotatable bonds is 2. The van der Waals surface area contributed by atoms with E-state index >= 15 is 0 Å². The standard InChI is InChI=1S/C12H16ClNS/c13-11-2-1-10(12(14)8-11)7-9-3-5-15-6-4-9/h1-2,8-9H,3-7,14H2. The minimum atomic E-state index is 0.732. The Morgan fingerprint density at radius 2 is 2.07 bits per heavy atom. The Balaban J connectivity index is 2.03. The molecule has 0 atom stereocenters. The van der Waals surface area contributed by atoms with Crippen LogP contribution in [0.1, 0.15) is 18.4 Å². The fourth-order valence-corrected chi connectivity index (χ4v) is 3.40. The zero-order valence-electron chi connectivity index (χ0n) is 8.71. The van der Waals surface area contributed by atoms with Crippen molar-refractivity contribution in [2.45, 2.75) is 19.3 Å². The van der Waals surface area contributed by atoms with E-state index in [2.05, 4.69) is 17.8 Å². The van der Waals surface area contributed by atoms with Crippen molar-refractivity contribution in [3.63, 3.8) is 0 Å². The maximum absolute atomic E-state index is 5.95. The second-order valence-corrected chi connectivity index (χ2v) is 5.76. The minimum Gasteiger partial charge on any atom is -0.398 e. The molecule has 1 aliphatic rings. The highest BCUT2D eigenvalue weighted by molar-refractivity contribution is 7.99. The quantitative estimate of drug-likeness (QED) is 0.801. The molecule has 1 saturated heterocycles. The third-order valence-corrected chi connectivity index (χ3v) is 4.24. The van der Waals surface area contributed by atoms with E-state index < -0.39 is 0 Å². The van der Waals surface area contributed by atoms with Gasteiger partial charge in [-0.3, -0.25) is 0 Å². The van der Waals surface area contributed by atoms with Gasteiger partial charge in [-0.15, -0.1) is 0 Å². The molecule has 1 heterocycles. The highest BCUT2D eigenvalue weighted by Gasteiger charge is 2.15. The number of anilines is 1. The topological polar surface area (TPSA) is 26.0 Å². The van der Waals surface area contributed by atoms with Crippen molar-refractivity contribution in [3.05, 3.63) is 28.8 Å². The van der Waals surface area contributed by atoms with Gasteiger partial charge in [0.25, 0.3) is 0 Å². The SMILES string of the molecule is Nc1cc(Cl)ccc1CC1CCSCC1. The lowest BCUT2D eigenvalue weighted by molar-refractivity contribution is 0.488. The Bertz CT molecular complexity index is 334. The predicted octanol–water partition coefficient (Wildman–Crippen LogP) is 3.61. The molecule has 2 rings (SSSR count). The molecular formula is C12H16ClNS. The lowest BCUT2D eigenvalue weighted by Crippen LogP contribution is -2.13. The van der Waals surface area contributed by atoms with Gasteiger partial charge in [-0.05, 0) is 54.4 Å². The van der Waals surface area contributed by atoms with Gasteiger partial charge >= 0.3 is 0 Å². The molecule has 2 N–H and O–H groups in total. The molecule has 0 bridgehead atoms. The van der Waals surface area contributed by atoms with Crippen LogP contribution in [-0.4, -0.2) is 11.5 Å². The van der Waals surface area contributed by atoms with E-state index in [0.29, 0.717) is 0 Å². The molecular weight excluding hydrogens is 226 g/mol. The van der Waals surface area contributed by atoms with Gasteiger partial charge in [-0.25, -0.2) is 0 Å². The van der Waals surface area contributed by atoms with E-state index in [0.717, 1.165) is 23.0 Å². The first kappa shape index (κ1) is 11.2. The molecule has 0 saturated carbocycles. The van der Waals surface area contributed by atoms with Gasteiger partial charge < -0.3 is 5.73 Å². The molecule has 0 unspecified atom stereocenters. The van der Waals surface area contributed by atoms with E-state index in [1.54, 1.807) is 0 Å². The summed E-state index contributed by atoms with van der Waals surface area (Å²) in [4.78, 5) is 0. The summed E-state index contributed by atoms with van der Waals surface area (Å²) >= 11 is 7.94. The summed E-state index contributed by atoms with van der Waals surface area (Å²) in [6.45, 7) is 0. The number of halogens is 1. The third kappa shape index (κ3) is 3.05. The Kier molecular flexibility index (Phi) is 3.81. The molecule has 1 nitrogen and oxygen atoms in total. The molecule has 15 heavy (non-hydrogen) atoms. The molecule has 0 amide bonds. The summed E-state index contributed by atoms with van der Waals surface area (Å²) in [7, 11) is 0. The number of thioether (sulfide) groups is 1. The Hall–Kier alpha value is -0.340. The van der Waals surface area contributed by atoms with Crippen molar-refractivity contribution in [2.24, 2.45) is 5.92 Å². The molecule has 1 aliphatic heterocycles. The fourth-order valence-electron chi connectivity index (χ4n) is 2.01. The van der Waals surface area contributed by atoms with Crippen LogP contribution in [0.5, 0.6) is 0 Å². The van der Waals surface area contributed by atoms with Crippen molar-refractivity contribution in [1.82, 2.24) is 0 Å². The largest absolute Gasteiger partial charge is 0.398 e. The number of nitrogen functional groups attached to an aromatic ring is 1. The molecule has 3 heteroatoms. The van der Waals surface area contributed by atoms with Gasteiger partial charge in [0.15, 0.2) is 0 Å². The summed E-state index contributed by atoms with van der Waals surface area (Å²) in [5.74, 6) is 3.42. The maximum Gasteiger partial charge on any atom is 0.0426 e. The van der Waals surface area contributed by atoms with Crippen LogP contribution in [0.3, 0.4) is 0 Å². The number of hydrogen-bond donors (Lipinski definition) is 1. The third-order valence-electron chi connectivity index (χ3n) is 2.96. The molecule has 1 fully saturated rings. The van der Waals surface area contributed by atoms with Crippen molar-refractivity contribution >= 4 is 29.1 Å². The van der Waals surface area contributed by atoms with E-state index in [9.17, 15) is 0 Å². The zero-order valence-corrected chi connectivity index (χ0v) is 10.3. The first-order chi connectivity index (χ1) is 7.25. The van der Waals surface area contributed by atoms with Crippen molar-refractivity contribution in [2.75, 3.05) is 17.2 Å². The first-order valence-electron chi connectivity index (χ1n) is 5.37. The van der Waals surface area contributed by atoms with Crippen LogP contribution < -0.4 is 5.73 Å². The van der Waals surface area contributed by atoms with Crippen molar-refractivity contribution in [3.8, 4) is 0 Å². The van der Waals surface area contributed by atoms with Crippen LogP contribution in [0.2, 0.25) is 5.02 Å². The molecule has 82 valence electrons. The predicted molar refractivity (Wildman–Crippen MR) is 69.6 cm³/mol. The maximum atomic E-state index is 5.95. The monoisotopic (exact) mass is 241 g/mol. The Morgan fingerprint density at radius 1 is 1.33 bits per heavy atom. The van der Waals surface area contributed by atoms with Crippen LogP contribution in [0.15, 0.2) is 18.2 Å². The van der Waals surface area contributed by atoms with Gasteiger partial charge in [0.05, 0.1) is 0 Å². The lowest BCUT2D eigenvalue weighted by Gasteiger charge is -2.21. The summed E-state index contributed by atoms with van der Waals surface area (Å²) in [5, 5.41) is 0.732. The summed E-state index contributed by atoms with van der Waals surface area (Å²) in [6.07, 6.45) is 3.77. The van der Waals surface area contributed by atoms with Gasteiger partial charge in [0.2, 0.25) is 0 Å². The number of nitrogens with two attached hydrogens (primary N) is 1. The second kappa shape index (κ2) is 5.13. The Morgan fingerprint density at radius 3 is 2.73 bits per heavy atom. The van der Waals surface area contributed by atoms with E-state index in [4.69, 9.17) is 17.3 Å². The van der Waals surface area contributed by atoms with Gasteiger partial charge in [-0.2, -0.15) is 11.8 Å². The number of benzene rings is 1. The summed E-state index contributed by atoms with van der Waals surface area (Å²) in [6, 6.07) is 5.86. The second-order valence-electron chi connectivity index (χ2n) is 4.10. The van der Waals surface area contributed by atoms with E-state index in [1.807, 2.05) is 12.1 Å². The highest BCUT2D eigenvalue weighted by atomic mass is 35.5. The van der Waals surface area contributed by atoms with Crippen LogP contribution >= 0.6 is 23.4 Å².